The third-order valence-corrected chi connectivity index (χ3v) is 3.97. The average molecular weight is 256 g/mol. The molecule has 0 bridgehead atoms. The highest BCUT2D eigenvalue weighted by molar-refractivity contribution is 5.85. The van der Waals surface area contributed by atoms with E-state index in [9.17, 15) is 14.7 Å². The smallest absolute Gasteiger partial charge is 0.326 e. The van der Waals surface area contributed by atoms with Crippen LogP contribution in [0.25, 0.3) is 0 Å². The lowest BCUT2D eigenvalue weighted by molar-refractivity contribution is -0.150. The second-order valence-corrected chi connectivity index (χ2v) is 5.35. The molecule has 2 rings (SSSR count). The van der Waals surface area contributed by atoms with Crippen LogP contribution in [0.4, 0.5) is 0 Å². The molecule has 0 aromatic heterocycles. The van der Waals surface area contributed by atoms with E-state index in [4.69, 9.17) is 10.8 Å². The summed E-state index contributed by atoms with van der Waals surface area (Å²) in [4.78, 5) is 24.7. The van der Waals surface area contributed by atoms with E-state index in [0.29, 0.717) is 0 Å². The van der Waals surface area contributed by atoms with Crippen LogP contribution in [0.3, 0.4) is 0 Å². The maximum Gasteiger partial charge on any atom is 0.326 e. The van der Waals surface area contributed by atoms with E-state index in [1.54, 1.807) is 0 Å². The van der Waals surface area contributed by atoms with Crippen molar-refractivity contribution in [3.63, 3.8) is 0 Å². The van der Waals surface area contributed by atoms with Crippen molar-refractivity contribution in [1.82, 2.24) is 4.90 Å². The topological polar surface area (TPSA) is 104 Å². The predicted molar refractivity (Wildman–Crippen MR) is 63.7 cm³/mol. The second-order valence-electron chi connectivity index (χ2n) is 5.35. The highest BCUT2D eigenvalue weighted by Gasteiger charge is 2.41. The van der Waals surface area contributed by atoms with Gasteiger partial charge in [0, 0.05) is 24.9 Å². The van der Waals surface area contributed by atoms with Crippen molar-refractivity contribution >= 4 is 11.9 Å². The van der Waals surface area contributed by atoms with Gasteiger partial charge in [0.25, 0.3) is 0 Å². The summed E-state index contributed by atoms with van der Waals surface area (Å²) in [6.07, 6.45) is 2.47. The van der Waals surface area contributed by atoms with Crippen LogP contribution < -0.4 is 5.73 Å². The summed E-state index contributed by atoms with van der Waals surface area (Å²) >= 11 is 0. The van der Waals surface area contributed by atoms with Crippen molar-refractivity contribution in [2.75, 3.05) is 6.54 Å². The quantitative estimate of drug-likeness (QED) is 0.621. The van der Waals surface area contributed by atoms with E-state index < -0.39 is 18.1 Å². The molecule has 0 spiro atoms. The molecule has 2 atom stereocenters. The molecule has 2 aliphatic rings. The van der Waals surface area contributed by atoms with Gasteiger partial charge in [-0.05, 0) is 25.7 Å². The summed E-state index contributed by atoms with van der Waals surface area (Å²) in [5, 5.41) is 18.6. The molecule has 102 valence electrons. The number of aliphatic hydroxyl groups is 1. The van der Waals surface area contributed by atoms with Gasteiger partial charge in [0.1, 0.15) is 6.04 Å². The third-order valence-electron chi connectivity index (χ3n) is 3.97. The Hall–Kier alpha value is -1.14. The Balaban J connectivity index is 2.01. The molecule has 0 aromatic rings. The molecule has 1 heterocycles. The van der Waals surface area contributed by atoms with Gasteiger partial charge in [0.15, 0.2) is 0 Å². The molecule has 6 nitrogen and oxygen atoms in total. The number of amides is 1. The summed E-state index contributed by atoms with van der Waals surface area (Å²) < 4.78 is 0. The van der Waals surface area contributed by atoms with Crippen molar-refractivity contribution in [1.29, 1.82) is 0 Å². The molecular weight excluding hydrogens is 236 g/mol. The fraction of sp³-hybridized carbons (Fsp3) is 0.833. The Morgan fingerprint density at radius 1 is 1.17 bits per heavy atom. The van der Waals surface area contributed by atoms with E-state index in [0.717, 1.165) is 25.7 Å². The number of hydrogen-bond acceptors (Lipinski definition) is 4. The van der Waals surface area contributed by atoms with Gasteiger partial charge in [-0.2, -0.15) is 0 Å². The minimum atomic E-state index is -1.03. The first-order valence-electron chi connectivity index (χ1n) is 6.46. The van der Waals surface area contributed by atoms with Crippen LogP contribution in [0.2, 0.25) is 0 Å². The molecule has 1 aliphatic carbocycles. The number of carbonyl (C=O) groups excluding carboxylic acids is 1. The van der Waals surface area contributed by atoms with Gasteiger partial charge < -0.3 is 20.8 Å². The number of carboxylic acid groups (broad SMARTS) is 1. The number of β-amino-alcohol motifs (C(OH)–C–C–N with tert-alkyl or cyclic N) is 1. The van der Waals surface area contributed by atoms with Gasteiger partial charge >= 0.3 is 5.97 Å². The minimum Gasteiger partial charge on any atom is -0.480 e. The van der Waals surface area contributed by atoms with Crippen LogP contribution in [0.1, 0.15) is 32.1 Å². The van der Waals surface area contributed by atoms with E-state index in [1.165, 1.54) is 4.90 Å². The molecule has 0 aromatic carbocycles. The minimum absolute atomic E-state index is 0.128. The lowest BCUT2D eigenvalue weighted by atomic mass is 9.85. The predicted octanol–water partition coefficient (Wildman–Crippen LogP) is -0.450. The van der Waals surface area contributed by atoms with Gasteiger partial charge in [0.2, 0.25) is 5.91 Å². The zero-order valence-corrected chi connectivity index (χ0v) is 10.3. The monoisotopic (exact) mass is 256 g/mol. The summed E-state index contributed by atoms with van der Waals surface area (Å²) in [7, 11) is 0. The Morgan fingerprint density at radius 3 is 2.33 bits per heavy atom. The molecule has 6 heteroatoms. The molecule has 0 radical (unpaired) electrons. The van der Waals surface area contributed by atoms with E-state index in [1.807, 2.05) is 0 Å². The lowest BCUT2D eigenvalue weighted by Crippen LogP contribution is -2.45. The van der Waals surface area contributed by atoms with Crippen LogP contribution in [-0.2, 0) is 9.59 Å². The molecule has 1 amide bonds. The first kappa shape index (κ1) is 13.3. The maximum atomic E-state index is 12.3. The molecule has 18 heavy (non-hydrogen) atoms. The summed E-state index contributed by atoms with van der Waals surface area (Å²) in [5.74, 6) is -1.30. The maximum absolute atomic E-state index is 12.3. The SMILES string of the molecule is NC1CCC(C(=O)N2C[C@@H](O)C[C@H]2C(=O)O)CC1. The Labute approximate surface area is 106 Å². The number of carbonyl (C=O) groups is 2. The number of nitrogens with zero attached hydrogens (tertiary/aromatic N) is 1. The molecule has 0 unspecified atom stereocenters. The van der Waals surface area contributed by atoms with Gasteiger partial charge in [-0.15, -0.1) is 0 Å². The van der Waals surface area contributed by atoms with E-state index in [2.05, 4.69) is 0 Å². The molecule has 1 saturated heterocycles. The number of rotatable bonds is 2. The molecule has 1 aliphatic heterocycles. The zero-order valence-electron chi connectivity index (χ0n) is 10.3. The largest absolute Gasteiger partial charge is 0.480 e. The summed E-state index contributed by atoms with van der Waals surface area (Å²) in [6.45, 7) is 0.137. The average Bonchev–Trinajstić information content (AvgIpc) is 2.71. The first-order valence-corrected chi connectivity index (χ1v) is 6.46. The molecular formula is C12H20N2O4. The summed E-state index contributed by atoms with van der Waals surface area (Å²) in [6, 6.07) is -0.711. The Kier molecular flexibility index (Phi) is 3.87. The lowest BCUT2D eigenvalue weighted by Gasteiger charge is -2.30. The second kappa shape index (κ2) is 5.24. The number of hydrogen-bond donors (Lipinski definition) is 3. The molecule has 4 N–H and O–H groups in total. The zero-order chi connectivity index (χ0) is 13.3. The summed E-state index contributed by atoms with van der Waals surface area (Å²) in [5.41, 5.74) is 5.79. The number of aliphatic carboxylic acids is 1. The van der Waals surface area contributed by atoms with Crippen molar-refractivity contribution in [2.24, 2.45) is 11.7 Å². The third kappa shape index (κ3) is 2.64. The Morgan fingerprint density at radius 2 is 1.78 bits per heavy atom. The number of carboxylic acids is 1. The van der Waals surface area contributed by atoms with Crippen LogP contribution in [-0.4, -0.2) is 51.7 Å². The van der Waals surface area contributed by atoms with Crippen LogP contribution >= 0.6 is 0 Å². The normalized spacial score (nSPS) is 36.7. The van der Waals surface area contributed by atoms with E-state index >= 15 is 0 Å². The van der Waals surface area contributed by atoms with Crippen molar-refractivity contribution in [3.05, 3.63) is 0 Å². The number of aliphatic hydroxyl groups excluding tert-OH is 1. The molecule has 1 saturated carbocycles. The van der Waals surface area contributed by atoms with Crippen molar-refractivity contribution in [3.8, 4) is 0 Å². The van der Waals surface area contributed by atoms with Crippen molar-refractivity contribution in [2.45, 2.75) is 50.3 Å². The first-order chi connectivity index (χ1) is 8.49. The van der Waals surface area contributed by atoms with Gasteiger partial charge in [0.05, 0.1) is 6.10 Å². The Bertz CT molecular complexity index is 339. The fourth-order valence-corrected chi connectivity index (χ4v) is 2.89. The number of likely N-dealkylation sites (tertiary alicyclic amines) is 1. The van der Waals surface area contributed by atoms with Gasteiger partial charge in [-0.1, -0.05) is 0 Å². The van der Waals surface area contributed by atoms with Crippen LogP contribution in [0, 0.1) is 5.92 Å². The molecule has 2 fully saturated rings. The standard InChI is InChI=1S/C12H20N2O4/c13-8-3-1-7(2-4-8)11(16)14-6-9(15)5-10(14)12(17)18/h7-10,15H,1-6,13H2,(H,17,18)/t7?,8?,9-,10-/m0/s1. The number of nitrogens with two attached hydrogens (primary N) is 1. The van der Waals surface area contributed by atoms with E-state index in [-0.39, 0.29) is 30.8 Å². The van der Waals surface area contributed by atoms with Crippen LogP contribution in [0.5, 0.6) is 0 Å². The fourth-order valence-electron chi connectivity index (χ4n) is 2.89. The highest BCUT2D eigenvalue weighted by atomic mass is 16.4. The van der Waals surface area contributed by atoms with Gasteiger partial charge in [-0.3, -0.25) is 4.79 Å². The van der Waals surface area contributed by atoms with Gasteiger partial charge in [-0.25, -0.2) is 4.79 Å². The van der Waals surface area contributed by atoms with Crippen LogP contribution in [0.15, 0.2) is 0 Å². The van der Waals surface area contributed by atoms with Crippen molar-refractivity contribution < 1.29 is 19.8 Å². The highest BCUT2D eigenvalue weighted by Crippen LogP contribution is 2.28.